The molecule has 0 aliphatic heterocycles. The molecule has 3 heteroatoms. The van der Waals surface area contributed by atoms with Crippen LogP contribution in [0, 0.1) is 0 Å². The van der Waals surface area contributed by atoms with Crippen LogP contribution in [0.15, 0.2) is 30.5 Å². The van der Waals surface area contributed by atoms with Gasteiger partial charge in [0.1, 0.15) is 0 Å². The molecule has 2 rings (SSSR count). The first-order chi connectivity index (χ1) is 6.36. The summed E-state index contributed by atoms with van der Waals surface area (Å²) in [6.45, 7) is 4.00. The normalized spacial score (nSPS) is 9.08. The van der Waals surface area contributed by atoms with E-state index < -0.39 is 0 Å². The van der Waals surface area contributed by atoms with Crippen LogP contribution in [-0.4, -0.2) is 9.97 Å². The van der Waals surface area contributed by atoms with Crippen molar-refractivity contribution in [3.63, 3.8) is 0 Å². The number of fused-ring (bicyclic) bond motifs is 1. The van der Waals surface area contributed by atoms with E-state index in [1.165, 1.54) is 0 Å². The third-order valence-electron chi connectivity index (χ3n) is 1.51. The predicted molar refractivity (Wildman–Crippen MR) is 55.3 cm³/mol. The van der Waals surface area contributed by atoms with E-state index in [9.17, 15) is 0 Å². The first kappa shape index (κ1) is 9.45. The maximum absolute atomic E-state index is 5.40. The zero-order valence-electron chi connectivity index (χ0n) is 7.86. The number of nitrogens with two attached hydrogens (primary N) is 1. The Morgan fingerprint density at radius 2 is 1.85 bits per heavy atom. The molecule has 13 heavy (non-hydrogen) atoms. The van der Waals surface area contributed by atoms with Crippen molar-refractivity contribution in [2.45, 2.75) is 13.8 Å². The van der Waals surface area contributed by atoms with Gasteiger partial charge in [0.25, 0.3) is 0 Å². The van der Waals surface area contributed by atoms with Gasteiger partial charge in [-0.1, -0.05) is 32.0 Å². The molecule has 1 heterocycles. The molecule has 68 valence electrons. The molecular weight excluding hydrogens is 162 g/mol. The van der Waals surface area contributed by atoms with Gasteiger partial charge in [0.2, 0.25) is 5.95 Å². The van der Waals surface area contributed by atoms with Crippen molar-refractivity contribution >= 4 is 16.9 Å². The van der Waals surface area contributed by atoms with Crippen LogP contribution in [0.4, 0.5) is 5.95 Å². The zero-order chi connectivity index (χ0) is 9.68. The molecule has 0 spiro atoms. The number of nitrogens with zero attached hydrogens (tertiary/aromatic N) is 2. The standard InChI is InChI=1S/C8H7N3.C2H6/c9-8-10-5-6-3-1-2-4-7(6)11-8;1-2/h1-5H,(H2,9,10,11);1-2H3. The third-order valence-corrected chi connectivity index (χ3v) is 1.51. The van der Waals surface area contributed by atoms with Crippen molar-refractivity contribution in [2.75, 3.05) is 5.73 Å². The van der Waals surface area contributed by atoms with Crippen LogP contribution in [0.25, 0.3) is 10.9 Å². The number of nitrogen functional groups attached to an aromatic ring is 1. The molecule has 0 atom stereocenters. The number of hydrogen-bond donors (Lipinski definition) is 1. The molecule has 1 aromatic heterocycles. The predicted octanol–water partition coefficient (Wildman–Crippen LogP) is 2.24. The second kappa shape index (κ2) is 4.40. The van der Waals surface area contributed by atoms with Crippen LogP contribution in [0.1, 0.15) is 13.8 Å². The molecule has 2 aromatic rings. The summed E-state index contributed by atoms with van der Waals surface area (Å²) < 4.78 is 0. The fourth-order valence-corrected chi connectivity index (χ4v) is 0.986. The van der Waals surface area contributed by atoms with Crippen molar-refractivity contribution in [1.29, 1.82) is 0 Å². The van der Waals surface area contributed by atoms with Gasteiger partial charge in [0, 0.05) is 11.6 Å². The van der Waals surface area contributed by atoms with Gasteiger partial charge in [0.15, 0.2) is 0 Å². The van der Waals surface area contributed by atoms with E-state index in [2.05, 4.69) is 9.97 Å². The van der Waals surface area contributed by atoms with Gasteiger partial charge in [-0.05, 0) is 6.07 Å². The summed E-state index contributed by atoms with van der Waals surface area (Å²) >= 11 is 0. The molecule has 2 N–H and O–H groups in total. The van der Waals surface area contributed by atoms with E-state index in [-0.39, 0.29) is 0 Å². The number of aromatic nitrogens is 2. The van der Waals surface area contributed by atoms with Crippen molar-refractivity contribution in [3.8, 4) is 0 Å². The molecule has 0 amide bonds. The Balaban J connectivity index is 0.000000396. The summed E-state index contributed by atoms with van der Waals surface area (Å²) in [6, 6.07) is 7.73. The molecule has 0 saturated heterocycles. The van der Waals surface area contributed by atoms with Crippen molar-refractivity contribution < 1.29 is 0 Å². The SMILES string of the molecule is CC.Nc1ncc2ccccc2n1. The molecule has 0 aliphatic carbocycles. The first-order valence-corrected chi connectivity index (χ1v) is 4.33. The lowest BCUT2D eigenvalue weighted by atomic mass is 10.2. The Bertz CT molecular complexity index is 385. The average Bonchev–Trinajstić information content (AvgIpc) is 2.21. The summed E-state index contributed by atoms with van der Waals surface area (Å²) in [6.07, 6.45) is 1.72. The second-order valence-electron chi connectivity index (χ2n) is 2.29. The fraction of sp³-hybridized carbons (Fsp3) is 0.200. The summed E-state index contributed by atoms with van der Waals surface area (Å²) in [4.78, 5) is 7.92. The largest absolute Gasteiger partial charge is 0.368 e. The maximum Gasteiger partial charge on any atom is 0.220 e. The Hall–Kier alpha value is -1.64. The number of anilines is 1. The van der Waals surface area contributed by atoms with Crippen molar-refractivity contribution in [1.82, 2.24) is 9.97 Å². The maximum atomic E-state index is 5.40. The minimum Gasteiger partial charge on any atom is -0.368 e. The average molecular weight is 175 g/mol. The van der Waals surface area contributed by atoms with Gasteiger partial charge in [-0.25, -0.2) is 9.97 Å². The first-order valence-electron chi connectivity index (χ1n) is 4.33. The quantitative estimate of drug-likeness (QED) is 0.668. The highest BCUT2D eigenvalue weighted by molar-refractivity contribution is 5.78. The molecule has 3 nitrogen and oxygen atoms in total. The van der Waals surface area contributed by atoms with Crippen LogP contribution in [0.2, 0.25) is 0 Å². The van der Waals surface area contributed by atoms with Gasteiger partial charge >= 0.3 is 0 Å². The molecule has 0 saturated carbocycles. The number of rotatable bonds is 0. The van der Waals surface area contributed by atoms with Crippen LogP contribution in [0.5, 0.6) is 0 Å². The number of hydrogen-bond acceptors (Lipinski definition) is 3. The van der Waals surface area contributed by atoms with Crippen LogP contribution in [-0.2, 0) is 0 Å². The zero-order valence-corrected chi connectivity index (χ0v) is 7.86. The van der Waals surface area contributed by atoms with Gasteiger partial charge < -0.3 is 5.73 Å². The van der Waals surface area contributed by atoms with Crippen molar-refractivity contribution in [3.05, 3.63) is 30.5 Å². The smallest absolute Gasteiger partial charge is 0.220 e. The molecule has 1 aromatic carbocycles. The molecule has 0 unspecified atom stereocenters. The minimum absolute atomic E-state index is 0.323. The molecule has 0 radical (unpaired) electrons. The lowest BCUT2D eigenvalue weighted by molar-refractivity contribution is 1.24. The highest BCUT2D eigenvalue weighted by Gasteiger charge is 1.92. The van der Waals surface area contributed by atoms with E-state index in [0.717, 1.165) is 10.9 Å². The molecule has 0 fully saturated rings. The van der Waals surface area contributed by atoms with E-state index >= 15 is 0 Å². The summed E-state index contributed by atoms with van der Waals surface area (Å²) in [5.74, 6) is 0.323. The summed E-state index contributed by atoms with van der Waals surface area (Å²) in [5, 5.41) is 1.02. The van der Waals surface area contributed by atoms with E-state index in [1.54, 1.807) is 6.20 Å². The highest BCUT2D eigenvalue weighted by Crippen LogP contribution is 2.09. The minimum atomic E-state index is 0.323. The Morgan fingerprint density at radius 1 is 1.15 bits per heavy atom. The highest BCUT2D eigenvalue weighted by atomic mass is 15.0. The van der Waals surface area contributed by atoms with Gasteiger partial charge in [-0.3, -0.25) is 0 Å². The second-order valence-corrected chi connectivity index (χ2v) is 2.29. The van der Waals surface area contributed by atoms with Crippen LogP contribution in [0.3, 0.4) is 0 Å². The van der Waals surface area contributed by atoms with Gasteiger partial charge in [-0.2, -0.15) is 0 Å². The lowest BCUT2D eigenvalue weighted by Gasteiger charge is -1.94. The number of para-hydroxylation sites is 1. The summed E-state index contributed by atoms with van der Waals surface area (Å²) in [7, 11) is 0. The Labute approximate surface area is 77.6 Å². The monoisotopic (exact) mass is 175 g/mol. The molecule has 0 aliphatic rings. The summed E-state index contributed by atoms with van der Waals surface area (Å²) in [5.41, 5.74) is 6.29. The fourth-order valence-electron chi connectivity index (χ4n) is 0.986. The van der Waals surface area contributed by atoms with Crippen molar-refractivity contribution in [2.24, 2.45) is 0 Å². The van der Waals surface area contributed by atoms with E-state index in [4.69, 9.17) is 5.73 Å². The number of benzene rings is 1. The molecule has 0 bridgehead atoms. The van der Waals surface area contributed by atoms with Crippen LogP contribution >= 0.6 is 0 Å². The van der Waals surface area contributed by atoms with Gasteiger partial charge in [0.05, 0.1) is 5.52 Å². The Morgan fingerprint density at radius 3 is 2.62 bits per heavy atom. The van der Waals surface area contributed by atoms with Gasteiger partial charge in [-0.15, -0.1) is 0 Å². The Kier molecular flexibility index (Phi) is 3.20. The third kappa shape index (κ3) is 2.15. The van der Waals surface area contributed by atoms with E-state index in [0.29, 0.717) is 5.95 Å². The topological polar surface area (TPSA) is 51.8 Å². The lowest BCUT2D eigenvalue weighted by Crippen LogP contribution is -1.93. The van der Waals surface area contributed by atoms with Crippen LogP contribution < -0.4 is 5.73 Å². The molecular formula is C10H13N3. The van der Waals surface area contributed by atoms with E-state index in [1.807, 2.05) is 38.1 Å².